The number of rotatable bonds is 8. The number of methoxy groups -OCH3 is 2. The van der Waals surface area contributed by atoms with E-state index in [1.807, 2.05) is 6.92 Å². The smallest absolute Gasteiger partial charge is 0.295 e. The highest BCUT2D eigenvalue weighted by molar-refractivity contribution is 6.46. The Kier molecular flexibility index (Phi) is 7.20. The summed E-state index contributed by atoms with van der Waals surface area (Å²) < 4.78 is 15.9. The summed E-state index contributed by atoms with van der Waals surface area (Å²) >= 11 is 6.11. The van der Waals surface area contributed by atoms with Gasteiger partial charge in [0.2, 0.25) is 0 Å². The molecule has 1 heterocycles. The average molecular weight is 446 g/mol. The summed E-state index contributed by atoms with van der Waals surface area (Å²) in [4.78, 5) is 27.2. The normalized spacial score (nSPS) is 17.8. The molecule has 0 aliphatic carbocycles. The summed E-state index contributed by atoms with van der Waals surface area (Å²) in [6.45, 7) is 2.82. The molecule has 164 valence electrons. The number of carbonyl (C=O) groups excluding carboxylic acids is 2. The van der Waals surface area contributed by atoms with Crippen molar-refractivity contribution in [3.8, 4) is 11.5 Å². The van der Waals surface area contributed by atoms with Crippen LogP contribution in [-0.4, -0.2) is 55.7 Å². The number of aliphatic hydroxyl groups excluding tert-OH is 1. The Labute approximate surface area is 185 Å². The number of benzene rings is 2. The van der Waals surface area contributed by atoms with Gasteiger partial charge in [0.15, 0.2) is 0 Å². The average Bonchev–Trinajstić information content (AvgIpc) is 3.02. The van der Waals surface area contributed by atoms with Gasteiger partial charge >= 0.3 is 0 Å². The molecule has 1 N–H and O–H groups in total. The molecule has 1 unspecified atom stereocenters. The van der Waals surface area contributed by atoms with Crippen LogP contribution in [0.2, 0.25) is 5.02 Å². The first-order valence-electron chi connectivity index (χ1n) is 9.76. The fraction of sp³-hybridized carbons (Fsp3) is 0.304. The molecule has 0 saturated carbocycles. The van der Waals surface area contributed by atoms with E-state index in [-0.39, 0.29) is 30.0 Å². The van der Waals surface area contributed by atoms with Gasteiger partial charge in [-0.1, -0.05) is 23.7 Å². The molecule has 1 saturated heterocycles. The summed E-state index contributed by atoms with van der Waals surface area (Å²) in [6, 6.07) is 10.9. The van der Waals surface area contributed by atoms with Crippen LogP contribution >= 0.6 is 11.6 Å². The molecule has 1 aliphatic heterocycles. The Bertz CT molecular complexity index is 1000. The molecule has 8 heteroatoms. The zero-order chi connectivity index (χ0) is 22.5. The number of hydrogen-bond acceptors (Lipinski definition) is 6. The second-order valence-corrected chi connectivity index (χ2v) is 7.27. The molecule has 1 aliphatic rings. The minimum Gasteiger partial charge on any atom is -0.507 e. The number of halogens is 1. The third-order valence-electron chi connectivity index (χ3n) is 5.00. The van der Waals surface area contributed by atoms with Gasteiger partial charge in [0.05, 0.1) is 37.5 Å². The van der Waals surface area contributed by atoms with E-state index < -0.39 is 17.7 Å². The van der Waals surface area contributed by atoms with Gasteiger partial charge in [0, 0.05) is 18.7 Å². The second-order valence-electron chi connectivity index (χ2n) is 6.83. The molecule has 1 atom stereocenters. The number of carbonyl (C=O) groups is 2. The van der Waals surface area contributed by atoms with E-state index in [2.05, 4.69) is 0 Å². The first kappa shape index (κ1) is 22.7. The summed E-state index contributed by atoms with van der Waals surface area (Å²) in [5.74, 6) is -0.850. The molecule has 31 heavy (non-hydrogen) atoms. The summed E-state index contributed by atoms with van der Waals surface area (Å²) in [5.41, 5.74) is 0.850. The largest absolute Gasteiger partial charge is 0.507 e. The van der Waals surface area contributed by atoms with Crippen molar-refractivity contribution in [3.05, 3.63) is 64.2 Å². The molecular formula is C23H24ClNO6. The van der Waals surface area contributed by atoms with Crippen LogP contribution in [-0.2, 0) is 14.3 Å². The molecule has 3 rings (SSSR count). The topological polar surface area (TPSA) is 85.3 Å². The third-order valence-corrected chi connectivity index (χ3v) is 5.23. The van der Waals surface area contributed by atoms with Crippen LogP contribution in [0.25, 0.3) is 5.76 Å². The number of aliphatic hydroxyl groups is 1. The van der Waals surface area contributed by atoms with Gasteiger partial charge in [-0.15, -0.1) is 0 Å². The number of Topliss-reactive ketones (excluding diaryl/α,β-unsaturated/α-hetero) is 1. The lowest BCUT2D eigenvalue weighted by molar-refractivity contribution is -0.140. The van der Waals surface area contributed by atoms with Crippen molar-refractivity contribution in [2.75, 3.05) is 34.0 Å². The first-order chi connectivity index (χ1) is 14.9. The second kappa shape index (κ2) is 9.85. The Morgan fingerprint density at radius 3 is 2.45 bits per heavy atom. The zero-order valence-electron chi connectivity index (χ0n) is 17.6. The van der Waals surface area contributed by atoms with E-state index in [4.69, 9.17) is 25.8 Å². The lowest BCUT2D eigenvalue weighted by Gasteiger charge is -2.25. The fourth-order valence-electron chi connectivity index (χ4n) is 3.57. The van der Waals surface area contributed by atoms with Gasteiger partial charge < -0.3 is 24.2 Å². The van der Waals surface area contributed by atoms with Crippen molar-refractivity contribution < 1.29 is 28.9 Å². The first-order valence-corrected chi connectivity index (χ1v) is 10.1. The predicted octanol–water partition coefficient (Wildman–Crippen LogP) is 3.82. The summed E-state index contributed by atoms with van der Waals surface area (Å²) in [6.07, 6.45) is 0. The number of ether oxygens (including phenoxy) is 3. The van der Waals surface area contributed by atoms with Gasteiger partial charge in [-0.3, -0.25) is 9.59 Å². The highest BCUT2D eigenvalue weighted by Gasteiger charge is 2.46. The van der Waals surface area contributed by atoms with E-state index in [1.54, 1.807) is 36.4 Å². The molecule has 2 aromatic carbocycles. The minimum absolute atomic E-state index is 0.0363. The summed E-state index contributed by atoms with van der Waals surface area (Å²) in [7, 11) is 2.96. The maximum absolute atomic E-state index is 13.0. The molecular weight excluding hydrogens is 422 g/mol. The van der Waals surface area contributed by atoms with Gasteiger partial charge in [0.1, 0.15) is 17.3 Å². The maximum atomic E-state index is 13.0. The van der Waals surface area contributed by atoms with Crippen molar-refractivity contribution in [1.29, 1.82) is 0 Å². The van der Waals surface area contributed by atoms with Gasteiger partial charge in [-0.2, -0.15) is 0 Å². The lowest BCUT2D eigenvalue weighted by Crippen LogP contribution is -2.32. The predicted molar refractivity (Wildman–Crippen MR) is 117 cm³/mol. The Morgan fingerprint density at radius 1 is 1.13 bits per heavy atom. The van der Waals surface area contributed by atoms with Crippen LogP contribution in [0.15, 0.2) is 48.0 Å². The number of ketones is 1. The molecule has 2 aromatic rings. The van der Waals surface area contributed by atoms with Gasteiger partial charge in [-0.05, 0) is 42.8 Å². The van der Waals surface area contributed by atoms with E-state index in [0.717, 1.165) is 0 Å². The Hall–Kier alpha value is -3.03. The van der Waals surface area contributed by atoms with E-state index >= 15 is 0 Å². The van der Waals surface area contributed by atoms with Crippen molar-refractivity contribution >= 4 is 29.1 Å². The van der Waals surface area contributed by atoms with Crippen LogP contribution in [0.4, 0.5) is 0 Å². The number of nitrogens with zero attached hydrogens (tertiary/aromatic N) is 1. The van der Waals surface area contributed by atoms with Crippen LogP contribution < -0.4 is 9.47 Å². The molecule has 0 aromatic heterocycles. The van der Waals surface area contributed by atoms with Crippen molar-refractivity contribution in [2.24, 2.45) is 0 Å². The lowest BCUT2D eigenvalue weighted by atomic mass is 9.95. The van der Waals surface area contributed by atoms with Gasteiger partial charge in [-0.25, -0.2) is 0 Å². The maximum Gasteiger partial charge on any atom is 0.295 e. The highest BCUT2D eigenvalue weighted by atomic mass is 35.5. The minimum atomic E-state index is -0.797. The summed E-state index contributed by atoms with van der Waals surface area (Å²) in [5, 5.41) is 11.5. The monoisotopic (exact) mass is 445 g/mol. The van der Waals surface area contributed by atoms with Crippen LogP contribution in [0.1, 0.15) is 24.1 Å². The van der Waals surface area contributed by atoms with Crippen molar-refractivity contribution in [1.82, 2.24) is 4.90 Å². The quantitative estimate of drug-likeness (QED) is 0.378. The van der Waals surface area contributed by atoms with Crippen molar-refractivity contribution in [2.45, 2.75) is 13.0 Å². The van der Waals surface area contributed by atoms with Crippen LogP contribution in [0, 0.1) is 0 Å². The standard InChI is InChI=1S/C23H24ClNO6/c1-4-31-16-8-5-14(6-9-16)20-19(22(27)23(28)25(20)11-12-29-2)21(26)17-13-15(24)7-10-18(17)30-3/h5-10,13,20,26H,4,11-12H2,1-3H3/b21-19+. The number of likely N-dealkylation sites (tertiary alicyclic amines) is 1. The van der Waals surface area contributed by atoms with Gasteiger partial charge in [0.25, 0.3) is 11.7 Å². The molecule has 1 amide bonds. The van der Waals surface area contributed by atoms with E-state index in [1.165, 1.54) is 25.2 Å². The Morgan fingerprint density at radius 2 is 1.84 bits per heavy atom. The molecule has 0 bridgehead atoms. The third kappa shape index (κ3) is 4.52. The highest BCUT2D eigenvalue weighted by Crippen LogP contribution is 2.41. The van der Waals surface area contributed by atoms with E-state index in [0.29, 0.717) is 28.7 Å². The molecule has 0 spiro atoms. The van der Waals surface area contributed by atoms with Crippen LogP contribution in [0.3, 0.4) is 0 Å². The van der Waals surface area contributed by atoms with Crippen LogP contribution in [0.5, 0.6) is 11.5 Å². The van der Waals surface area contributed by atoms with E-state index in [9.17, 15) is 14.7 Å². The zero-order valence-corrected chi connectivity index (χ0v) is 18.3. The fourth-order valence-corrected chi connectivity index (χ4v) is 3.74. The molecule has 1 fully saturated rings. The number of hydrogen-bond donors (Lipinski definition) is 1. The SMILES string of the molecule is CCOc1ccc(C2/C(=C(\O)c3cc(Cl)ccc3OC)C(=O)C(=O)N2CCOC)cc1. The molecule has 0 radical (unpaired) electrons. The Balaban J connectivity index is 2.17. The molecule has 7 nitrogen and oxygen atoms in total. The number of amides is 1. The van der Waals surface area contributed by atoms with Crippen molar-refractivity contribution in [3.63, 3.8) is 0 Å².